The van der Waals surface area contributed by atoms with Gasteiger partial charge < -0.3 is 4.18 Å². The van der Waals surface area contributed by atoms with Crippen LogP contribution in [-0.2, 0) is 10.3 Å². The molecule has 1 heterocycles. The fraction of sp³-hybridized carbons (Fsp3) is 0. The molecule has 0 bridgehead atoms. The van der Waals surface area contributed by atoms with Gasteiger partial charge in [-0.1, -0.05) is 30.3 Å². The maximum absolute atomic E-state index is 12.2. The summed E-state index contributed by atoms with van der Waals surface area (Å²) in [6.45, 7) is 0. The molecule has 0 aliphatic rings. The molecule has 0 aliphatic carbocycles. The molecule has 0 N–H and O–H groups in total. The number of imidazole rings is 1. The van der Waals surface area contributed by atoms with Crippen LogP contribution in [0.25, 0.3) is 11.0 Å². The first-order valence-corrected chi connectivity index (χ1v) is 6.95. The molecule has 0 saturated heterocycles. The number of benzene rings is 2. The van der Waals surface area contributed by atoms with Crippen LogP contribution in [0.1, 0.15) is 0 Å². The molecule has 0 aliphatic heterocycles. The number of hydrogen-bond donors (Lipinski definition) is 0. The predicted octanol–water partition coefficient (Wildman–Crippen LogP) is 1.56. The minimum absolute atomic E-state index is 0. The van der Waals surface area contributed by atoms with Gasteiger partial charge in [-0.3, -0.25) is 0 Å². The summed E-state index contributed by atoms with van der Waals surface area (Å²) in [5.41, 5.74) is 1.08. The first-order valence-electron chi connectivity index (χ1n) is 5.59. The van der Waals surface area contributed by atoms with Gasteiger partial charge in [-0.05, 0) is 24.3 Å². The average Bonchev–Trinajstić information content (AvgIpc) is 2.84. The molecule has 0 spiro atoms. The Hall–Kier alpha value is -1.34. The normalized spacial score (nSPS) is 11.0. The third-order valence-corrected chi connectivity index (χ3v) is 3.78. The van der Waals surface area contributed by atoms with Crippen LogP contribution in [0.5, 0.6) is 5.75 Å². The molecule has 7 heteroatoms. The summed E-state index contributed by atoms with van der Waals surface area (Å²) < 4.78 is 30.4. The van der Waals surface area contributed by atoms with Crippen molar-refractivity contribution in [1.29, 1.82) is 0 Å². The zero-order chi connectivity index (χ0) is 13.3. The first kappa shape index (κ1) is 15.1. The van der Waals surface area contributed by atoms with E-state index in [0.717, 1.165) is 3.97 Å². The van der Waals surface area contributed by atoms with E-state index in [9.17, 15) is 8.42 Å². The fourth-order valence-corrected chi connectivity index (χ4v) is 2.75. The molecule has 0 amide bonds. The van der Waals surface area contributed by atoms with Crippen molar-refractivity contribution in [1.82, 2.24) is 8.96 Å². The molecule has 3 aromatic rings. The van der Waals surface area contributed by atoms with E-state index in [1.54, 1.807) is 54.6 Å². The van der Waals surface area contributed by atoms with Crippen molar-refractivity contribution in [3.8, 4) is 5.75 Å². The number of aromatic nitrogens is 2. The van der Waals surface area contributed by atoms with E-state index in [4.69, 9.17) is 4.18 Å². The Morgan fingerprint density at radius 3 is 2.35 bits per heavy atom. The first-order chi connectivity index (χ1) is 9.17. The van der Waals surface area contributed by atoms with Gasteiger partial charge in [0.2, 0.25) is 0 Å². The molecule has 0 unspecified atom stereocenters. The zero-order valence-electron chi connectivity index (χ0n) is 9.80. The molecular weight excluding hydrogens is 287 g/mol. The van der Waals surface area contributed by atoms with Gasteiger partial charge >= 0.3 is 39.9 Å². The molecule has 98 valence electrons. The van der Waals surface area contributed by atoms with Crippen LogP contribution in [-0.4, -0.2) is 46.9 Å². The van der Waals surface area contributed by atoms with Crippen LogP contribution in [0.3, 0.4) is 0 Å². The summed E-state index contributed by atoms with van der Waals surface area (Å²) in [7, 11) is -3.94. The van der Waals surface area contributed by atoms with Crippen molar-refractivity contribution in [2.45, 2.75) is 0 Å². The van der Waals surface area contributed by atoms with E-state index in [0.29, 0.717) is 11.0 Å². The molecule has 2 aromatic carbocycles. The fourth-order valence-electron chi connectivity index (χ4n) is 1.75. The summed E-state index contributed by atoms with van der Waals surface area (Å²) in [5, 5.41) is 0. The van der Waals surface area contributed by atoms with E-state index >= 15 is 0 Å². The van der Waals surface area contributed by atoms with Crippen molar-refractivity contribution in [3.63, 3.8) is 0 Å². The number of fused-ring (bicyclic) bond motifs is 1. The van der Waals surface area contributed by atoms with Crippen molar-refractivity contribution in [2.75, 3.05) is 0 Å². The average molecular weight is 298 g/mol. The second kappa shape index (κ2) is 5.97. The summed E-state index contributed by atoms with van der Waals surface area (Å²) in [5.74, 6) is 0.264. The van der Waals surface area contributed by atoms with E-state index in [1.165, 1.54) is 6.33 Å². The summed E-state index contributed by atoms with van der Waals surface area (Å²) in [4.78, 5) is 4.03. The Kier molecular flexibility index (Phi) is 4.49. The molecule has 0 saturated carbocycles. The number of nitrogens with zero attached hydrogens (tertiary/aromatic N) is 2. The Morgan fingerprint density at radius 1 is 0.950 bits per heavy atom. The van der Waals surface area contributed by atoms with Crippen molar-refractivity contribution in [2.24, 2.45) is 0 Å². The molecule has 0 radical (unpaired) electrons. The van der Waals surface area contributed by atoms with Crippen LogP contribution in [0, 0.1) is 0 Å². The molecule has 20 heavy (non-hydrogen) atoms. The van der Waals surface area contributed by atoms with Crippen molar-refractivity contribution < 1.29 is 12.6 Å². The van der Waals surface area contributed by atoms with Crippen molar-refractivity contribution >= 4 is 50.9 Å². The molecular formula is C13H11N2NaO3S. The Balaban J connectivity index is 0.00000147. The molecule has 5 nitrogen and oxygen atoms in total. The second-order valence-electron chi connectivity index (χ2n) is 3.88. The number of hydrogen-bond acceptors (Lipinski definition) is 4. The monoisotopic (exact) mass is 298 g/mol. The summed E-state index contributed by atoms with van der Waals surface area (Å²) >= 11 is 0. The van der Waals surface area contributed by atoms with Gasteiger partial charge in [-0.15, -0.1) is 0 Å². The van der Waals surface area contributed by atoms with E-state index in [2.05, 4.69) is 4.98 Å². The van der Waals surface area contributed by atoms with Gasteiger partial charge in [0.15, 0.2) is 0 Å². The Labute approximate surface area is 138 Å². The van der Waals surface area contributed by atoms with Crippen LogP contribution in [0.15, 0.2) is 60.9 Å². The maximum atomic E-state index is 12.2. The van der Waals surface area contributed by atoms with Gasteiger partial charge in [-0.2, -0.15) is 12.4 Å². The van der Waals surface area contributed by atoms with E-state index in [-0.39, 0.29) is 35.3 Å². The topological polar surface area (TPSA) is 61.2 Å². The third kappa shape index (κ3) is 2.88. The van der Waals surface area contributed by atoms with E-state index < -0.39 is 10.3 Å². The zero-order valence-corrected chi connectivity index (χ0v) is 10.6. The van der Waals surface area contributed by atoms with Crippen LogP contribution in [0.2, 0.25) is 0 Å². The SMILES string of the molecule is O=S(=O)(Oc1ccccc1)n1cnc2ccccc21.[NaH]. The second-order valence-corrected chi connectivity index (χ2v) is 5.30. The predicted molar refractivity (Wildman–Crippen MR) is 78.3 cm³/mol. The van der Waals surface area contributed by atoms with Crippen LogP contribution in [0.4, 0.5) is 0 Å². The van der Waals surface area contributed by atoms with E-state index in [1.807, 2.05) is 0 Å². The molecule has 0 atom stereocenters. The summed E-state index contributed by atoms with van der Waals surface area (Å²) in [6, 6.07) is 15.3. The molecule has 0 fully saturated rings. The Bertz CT molecular complexity index is 816. The van der Waals surface area contributed by atoms with Gasteiger partial charge in [0.25, 0.3) is 0 Å². The van der Waals surface area contributed by atoms with Gasteiger partial charge in [-0.25, -0.2) is 4.98 Å². The minimum atomic E-state index is -3.94. The summed E-state index contributed by atoms with van der Waals surface area (Å²) in [6.07, 6.45) is 1.24. The molecule has 3 rings (SSSR count). The van der Waals surface area contributed by atoms with Gasteiger partial charge in [0, 0.05) is 0 Å². The Morgan fingerprint density at radius 2 is 1.60 bits per heavy atom. The van der Waals surface area contributed by atoms with Crippen LogP contribution >= 0.6 is 0 Å². The quantitative estimate of drug-likeness (QED) is 0.688. The van der Waals surface area contributed by atoms with Crippen LogP contribution < -0.4 is 4.18 Å². The number of para-hydroxylation sites is 3. The number of rotatable bonds is 3. The standard InChI is InChI=1S/C13H10N2O3S.Na.H/c16-19(17,18-11-6-2-1-3-7-11)15-10-14-12-8-4-5-9-13(12)15;;/h1-10H;;. The molecule has 1 aromatic heterocycles. The van der Waals surface area contributed by atoms with Crippen molar-refractivity contribution in [3.05, 3.63) is 60.9 Å². The van der Waals surface area contributed by atoms with Gasteiger partial charge in [0.05, 0.1) is 11.0 Å². The van der Waals surface area contributed by atoms with Gasteiger partial charge in [0.1, 0.15) is 12.1 Å². The third-order valence-electron chi connectivity index (χ3n) is 2.61.